The normalized spacial score (nSPS) is 10.5. The Morgan fingerprint density at radius 1 is 1.64 bits per heavy atom. The number of nitrogens with one attached hydrogen (secondary N) is 2. The van der Waals surface area contributed by atoms with Gasteiger partial charge in [0.25, 0.3) is 4.46 Å². The lowest BCUT2D eigenvalue weighted by Crippen LogP contribution is -2.48. The van der Waals surface area contributed by atoms with Gasteiger partial charge in [-0.05, 0) is 0 Å². The summed E-state index contributed by atoms with van der Waals surface area (Å²) in [4.78, 5) is 10.5. The van der Waals surface area contributed by atoms with Crippen LogP contribution in [0.1, 0.15) is 0 Å². The fraction of sp³-hybridized carbons (Fsp3) is 0.333. The van der Waals surface area contributed by atoms with Gasteiger partial charge in [-0.15, -0.1) is 0 Å². The van der Waals surface area contributed by atoms with Crippen LogP contribution in [0.15, 0.2) is 0 Å². The lowest BCUT2D eigenvalue weighted by molar-refractivity contribution is -0.135. The standard InChI is InChI=1S/C3H4Cl3N3O2/c4-3(5,1(10)11-6)9-2(7)8/h(H4,7,8,9). The predicted molar refractivity (Wildman–Crippen MR) is 41.4 cm³/mol. The van der Waals surface area contributed by atoms with E-state index in [1.807, 2.05) is 5.32 Å². The van der Waals surface area contributed by atoms with Gasteiger partial charge in [-0.2, -0.15) is 0 Å². The molecule has 0 heterocycles. The SMILES string of the molecule is N=C(N)NC(Cl)(Cl)C(=O)OCl. The maximum atomic E-state index is 10.5. The Bertz CT molecular complexity index is 183. The Kier molecular flexibility index (Phi) is 3.71. The Balaban J connectivity index is 4.21. The van der Waals surface area contributed by atoms with Crippen LogP contribution in [0.5, 0.6) is 0 Å². The minimum Gasteiger partial charge on any atom is -0.370 e. The van der Waals surface area contributed by atoms with Crippen molar-refractivity contribution in [2.75, 3.05) is 0 Å². The van der Waals surface area contributed by atoms with Crippen LogP contribution < -0.4 is 11.1 Å². The van der Waals surface area contributed by atoms with Crippen molar-refractivity contribution in [2.45, 2.75) is 4.46 Å². The Hall–Kier alpha value is -0.390. The van der Waals surface area contributed by atoms with Crippen LogP contribution in [0.2, 0.25) is 0 Å². The number of halogens is 3. The number of guanidine groups is 1. The molecule has 0 amide bonds. The molecule has 0 aromatic heterocycles. The van der Waals surface area contributed by atoms with E-state index in [1.165, 1.54) is 0 Å². The first-order chi connectivity index (χ1) is 4.90. The molecule has 8 heteroatoms. The number of carbonyl (C=O) groups is 1. The van der Waals surface area contributed by atoms with Gasteiger partial charge in [0.2, 0.25) is 0 Å². The number of alkyl halides is 2. The molecule has 0 aromatic rings. The molecular formula is C3H4Cl3N3O2. The molecule has 0 aliphatic carbocycles. The lowest BCUT2D eigenvalue weighted by atomic mass is 10.6. The molecule has 5 nitrogen and oxygen atoms in total. The van der Waals surface area contributed by atoms with E-state index in [4.69, 9.17) is 34.3 Å². The molecule has 0 saturated carbocycles. The zero-order chi connectivity index (χ0) is 9.07. The molecule has 64 valence electrons. The third-order valence-electron chi connectivity index (χ3n) is 0.618. The summed E-state index contributed by atoms with van der Waals surface area (Å²) < 4.78 is 1.55. The number of carbonyl (C=O) groups excluding carboxylic acids is 1. The molecule has 0 aliphatic rings. The van der Waals surface area contributed by atoms with E-state index in [0.717, 1.165) is 0 Å². The molecule has 0 spiro atoms. The summed E-state index contributed by atoms with van der Waals surface area (Å²) in [7, 11) is 0. The van der Waals surface area contributed by atoms with E-state index in [2.05, 4.69) is 16.2 Å². The molecule has 0 radical (unpaired) electrons. The molecule has 0 rings (SSSR count). The van der Waals surface area contributed by atoms with Gasteiger partial charge in [0, 0.05) is 0 Å². The van der Waals surface area contributed by atoms with Gasteiger partial charge in [-0.3, -0.25) is 5.41 Å². The Morgan fingerprint density at radius 2 is 2.09 bits per heavy atom. The second-order valence-corrected chi connectivity index (χ2v) is 2.96. The van der Waals surface area contributed by atoms with Crippen molar-refractivity contribution in [3.63, 3.8) is 0 Å². The molecule has 11 heavy (non-hydrogen) atoms. The number of hydrogen-bond donors (Lipinski definition) is 3. The maximum Gasteiger partial charge on any atom is 0.382 e. The summed E-state index contributed by atoms with van der Waals surface area (Å²) in [5.41, 5.74) is 4.82. The second-order valence-electron chi connectivity index (χ2n) is 1.48. The van der Waals surface area contributed by atoms with Gasteiger partial charge in [-0.25, -0.2) is 4.79 Å². The number of rotatable bonds is 2. The average Bonchev–Trinajstić information content (AvgIpc) is 1.83. The Labute approximate surface area is 77.4 Å². The van der Waals surface area contributed by atoms with E-state index in [1.54, 1.807) is 0 Å². The minimum absolute atomic E-state index is 0.572. The van der Waals surface area contributed by atoms with Crippen molar-refractivity contribution < 1.29 is 9.08 Å². The molecule has 0 unspecified atom stereocenters. The summed E-state index contributed by atoms with van der Waals surface area (Å²) in [6, 6.07) is 0. The average molecular weight is 220 g/mol. The molecule has 0 atom stereocenters. The first-order valence-electron chi connectivity index (χ1n) is 2.23. The molecule has 0 saturated heterocycles. The highest BCUT2D eigenvalue weighted by Gasteiger charge is 2.36. The minimum atomic E-state index is -2.12. The third kappa shape index (κ3) is 3.50. The molecule has 0 aromatic carbocycles. The number of hydrogen-bond acceptors (Lipinski definition) is 3. The van der Waals surface area contributed by atoms with Crippen LogP contribution >= 0.6 is 35.1 Å². The van der Waals surface area contributed by atoms with Crippen LogP contribution in [0.25, 0.3) is 0 Å². The van der Waals surface area contributed by atoms with E-state index in [-0.39, 0.29) is 0 Å². The summed E-state index contributed by atoms with van der Waals surface area (Å²) in [6.45, 7) is 0. The fourth-order valence-electron chi connectivity index (χ4n) is 0.269. The van der Waals surface area contributed by atoms with Crippen LogP contribution in [0.4, 0.5) is 0 Å². The van der Waals surface area contributed by atoms with Gasteiger partial charge in [0.05, 0.1) is 0 Å². The van der Waals surface area contributed by atoms with Gasteiger partial charge >= 0.3 is 5.97 Å². The van der Waals surface area contributed by atoms with Crippen LogP contribution in [0, 0.1) is 5.41 Å². The highest BCUT2D eigenvalue weighted by Crippen LogP contribution is 2.18. The lowest BCUT2D eigenvalue weighted by Gasteiger charge is -2.15. The second kappa shape index (κ2) is 3.85. The summed E-state index contributed by atoms with van der Waals surface area (Å²) in [5, 5.41) is 8.57. The first-order valence-corrected chi connectivity index (χ1v) is 3.29. The van der Waals surface area contributed by atoms with E-state index in [9.17, 15) is 4.79 Å². The van der Waals surface area contributed by atoms with Crippen LogP contribution in [-0.4, -0.2) is 16.4 Å². The topological polar surface area (TPSA) is 88.2 Å². The van der Waals surface area contributed by atoms with Crippen molar-refractivity contribution in [2.24, 2.45) is 5.73 Å². The largest absolute Gasteiger partial charge is 0.382 e. The summed E-state index contributed by atoms with van der Waals surface area (Å²) in [6.07, 6.45) is 0. The maximum absolute atomic E-state index is 10.5. The smallest absolute Gasteiger partial charge is 0.370 e. The van der Waals surface area contributed by atoms with Gasteiger partial charge in [0.15, 0.2) is 5.96 Å². The quantitative estimate of drug-likeness (QED) is 0.270. The van der Waals surface area contributed by atoms with E-state index in [0.29, 0.717) is 0 Å². The van der Waals surface area contributed by atoms with Crippen molar-refractivity contribution in [1.29, 1.82) is 5.41 Å². The van der Waals surface area contributed by atoms with Gasteiger partial charge in [0.1, 0.15) is 11.9 Å². The fourth-order valence-corrected chi connectivity index (χ4v) is 0.744. The zero-order valence-electron chi connectivity index (χ0n) is 5.03. The highest BCUT2D eigenvalue weighted by molar-refractivity contribution is 6.58. The van der Waals surface area contributed by atoms with Crippen molar-refractivity contribution in [3.05, 3.63) is 0 Å². The monoisotopic (exact) mass is 219 g/mol. The van der Waals surface area contributed by atoms with Crippen molar-refractivity contribution >= 4 is 47.0 Å². The van der Waals surface area contributed by atoms with Crippen molar-refractivity contribution in [1.82, 2.24) is 5.32 Å². The van der Waals surface area contributed by atoms with E-state index < -0.39 is 16.4 Å². The van der Waals surface area contributed by atoms with Gasteiger partial charge < -0.3 is 15.3 Å². The molecule has 0 bridgehead atoms. The molecule has 0 aliphatic heterocycles. The van der Waals surface area contributed by atoms with Crippen LogP contribution in [-0.2, 0) is 9.08 Å². The third-order valence-corrected chi connectivity index (χ3v) is 1.26. The predicted octanol–water partition coefficient (Wildman–Crippen LogP) is 0.298. The molecule has 0 fully saturated rings. The van der Waals surface area contributed by atoms with E-state index >= 15 is 0 Å². The summed E-state index contributed by atoms with van der Waals surface area (Å²) >= 11 is 15.2. The highest BCUT2D eigenvalue weighted by atomic mass is 35.5. The number of nitrogens with two attached hydrogens (primary N) is 1. The first kappa shape index (κ1) is 10.6. The Morgan fingerprint density at radius 3 is 2.36 bits per heavy atom. The van der Waals surface area contributed by atoms with Crippen molar-refractivity contribution in [3.8, 4) is 0 Å². The summed E-state index contributed by atoms with van der Waals surface area (Å²) in [5.74, 6) is -1.73. The van der Waals surface area contributed by atoms with Gasteiger partial charge in [-0.1, -0.05) is 23.2 Å². The molecule has 4 N–H and O–H groups in total. The zero-order valence-corrected chi connectivity index (χ0v) is 7.30. The van der Waals surface area contributed by atoms with Crippen LogP contribution in [0.3, 0.4) is 0 Å². The molecular weight excluding hydrogens is 216 g/mol.